The number of rotatable bonds is 4. The molecule has 1 aromatic heterocycles. The van der Waals surface area contributed by atoms with Crippen LogP contribution in [0.15, 0.2) is 33.4 Å². The summed E-state index contributed by atoms with van der Waals surface area (Å²) < 4.78 is 20.1. The molecule has 0 amide bonds. The van der Waals surface area contributed by atoms with E-state index >= 15 is 0 Å². The zero-order chi connectivity index (χ0) is 13.1. The van der Waals surface area contributed by atoms with E-state index in [0.717, 1.165) is 10.0 Å². The Labute approximate surface area is 117 Å². The van der Waals surface area contributed by atoms with E-state index in [0.29, 0.717) is 11.3 Å². The number of hydrogen-bond donors (Lipinski definition) is 2. The van der Waals surface area contributed by atoms with Gasteiger partial charge in [-0.3, -0.25) is 5.84 Å². The number of ether oxygens (including phenoxy) is 1. The van der Waals surface area contributed by atoms with Gasteiger partial charge >= 0.3 is 0 Å². The number of nitrogens with one attached hydrogen (secondary N) is 1. The first kappa shape index (κ1) is 13.5. The first-order valence-electron chi connectivity index (χ1n) is 5.19. The van der Waals surface area contributed by atoms with Crippen LogP contribution in [0.2, 0.25) is 0 Å². The van der Waals surface area contributed by atoms with Crippen molar-refractivity contribution in [3.05, 3.63) is 50.4 Å². The summed E-state index contributed by atoms with van der Waals surface area (Å²) in [6, 6.07) is 4.25. The smallest absolute Gasteiger partial charge is 0.132 e. The maximum Gasteiger partial charge on any atom is 0.132 e. The lowest BCUT2D eigenvalue weighted by atomic mass is 10.0. The topological polar surface area (TPSA) is 47.3 Å². The van der Waals surface area contributed by atoms with Crippen LogP contribution in [0.3, 0.4) is 0 Å². The molecule has 3 N–H and O–H groups in total. The third kappa shape index (κ3) is 2.42. The van der Waals surface area contributed by atoms with Gasteiger partial charge in [0, 0.05) is 9.85 Å². The van der Waals surface area contributed by atoms with Gasteiger partial charge in [-0.15, -0.1) is 0 Å². The summed E-state index contributed by atoms with van der Waals surface area (Å²) in [5, 5.41) is 3.84. The molecule has 0 aliphatic carbocycles. The fourth-order valence-corrected chi connectivity index (χ4v) is 3.35. The lowest BCUT2D eigenvalue weighted by Crippen LogP contribution is -2.29. The second-order valence-electron chi connectivity index (χ2n) is 3.63. The van der Waals surface area contributed by atoms with Crippen LogP contribution >= 0.6 is 27.3 Å². The number of hydrogen-bond acceptors (Lipinski definition) is 4. The van der Waals surface area contributed by atoms with Crippen LogP contribution in [0.5, 0.6) is 5.75 Å². The molecule has 0 radical (unpaired) electrons. The van der Waals surface area contributed by atoms with Crippen molar-refractivity contribution in [1.29, 1.82) is 0 Å². The molecule has 0 aliphatic rings. The summed E-state index contributed by atoms with van der Waals surface area (Å²) in [4.78, 5) is 0. The molecule has 96 valence electrons. The van der Waals surface area contributed by atoms with E-state index in [1.807, 2.05) is 10.8 Å². The predicted octanol–water partition coefficient (Wildman–Crippen LogP) is 3.21. The second-order valence-corrected chi connectivity index (χ2v) is 5.23. The first-order chi connectivity index (χ1) is 8.69. The zero-order valence-corrected chi connectivity index (χ0v) is 12.0. The lowest BCUT2D eigenvalue weighted by Gasteiger charge is -2.19. The molecule has 2 rings (SSSR count). The Kier molecular flexibility index (Phi) is 4.34. The van der Waals surface area contributed by atoms with Crippen LogP contribution in [0.4, 0.5) is 4.39 Å². The number of methoxy groups -OCH3 is 1. The van der Waals surface area contributed by atoms with Crippen LogP contribution in [-0.2, 0) is 0 Å². The molecular weight excluding hydrogens is 319 g/mol. The molecule has 2 aromatic rings. The van der Waals surface area contributed by atoms with Crippen molar-refractivity contribution in [2.24, 2.45) is 5.84 Å². The highest BCUT2D eigenvalue weighted by Gasteiger charge is 2.23. The maximum atomic E-state index is 14.0. The summed E-state index contributed by atoms with van der Waals surface area (Å²) in [5.74, 6) is 5.69. The molecule has 0 spiro atoms. The zero-order valence-electron chi connectivity index (χ0n) is 9.61. The van der Waals surface area contributed by atoms with Gasteiger partial charge < -0.3 is 4.74 Å². The predicted molar refractivity (Wildman–Crippen MR) is 74.1 cm³/mol. The second kappa shape index (κ2) is 5.79. The highest BCUT2D eigenvalue weighted by molar-refractivity contribution is 9.10. The van der Waals surface area contributed by atoms with E-state index in [1.165, 1.54) is 24.5 Å². The molecule has 1 unspecified atom stereocenters. The maximum absolute atomic E-state index is 14.0. The third-order valence-corrected chi connectivity index (χ3v) is 4.39. The molecule has 3 nitrogen and oxygen atoms in total. The number of benzene rings is 1. The van der Waals surface area contributed by atoms with Crippen LogP contribution in [0.1, 0.15) is 17.2 Å². The number of halogens is 2. The largest absolute Gasteiger partial charge is 0.496 e. The lowest BCUT2D eigenvalue weighted by molar-refractivity contribution is 0.397. The van der Waals surface area contributed by atoms with Crippen molar-refractivity contribution in [2.75, 3.05) is 7.11 Å². The van der Waals surface area contributed by atoms with E-state index in [-0.39, 0.29) is 5.82 Å². The van der Waals surface area contributed by atoms with Crippen molar-refractivity contribution < 1.29 is 9.13 Å². The van der Waals surface area contributed by atoms with Crippen molar-refractivity contribution in [1.82, 2.24) is 5.43 Å². The molecule has 0 saturated heterocycles. The van der Waals surface area contributed by atoms with Gasteiger partial charge in [-0.1, -0.05) is 6.07 Å². The molecule has 18 heavy (non-hydrogen) atoms. The first-order valence-corrected chi connectivity index (χ1v) is 6.92. The van der Waals surface area contributed by atoms with Gasteiger partial charge in [0.25, 0.3) is 0 Å². The quantitative estimate of drug-likeness (QED) is 0.668. The van der Waals surface area contributed by atoms with E-state index in [1.54, 1.807) is 12.1 Å². The minimum atomic E-state index is -0.457. The molecule has 0 saturated carbocycles. The van der Waals surface area contributed by atoms with Crippen molar-refractivity contribution >= 4 is 27.3 Å². The molecule has 1 aromatic carbocycles. The van der Waals surface area contributed by atoms with Gasteiger partial charge in [-0.25, -0.2) is 9.82 Å². The van der Waals surface area contributed by atoms with Gasteiger partial charge in [0.15, 0.2) is 0 Å². The summed E-state index contributed by atoms with van der Waals surface area (Å²) in [6.07, 6.45) is 0. The van der Waals surface area contributed by atoms with E-state index in [9.17, 15) is 4.39 Å². The third-order valence-electron chi connectivity index (χ3n) is 2.64. The Morgan fingerprint density at radius 2 is 2.22 bits per heavy atom. The Balaban J connectivity index is 2.55. The van der Waals surface area contributed by atoms with Crippen molar-refractivity contribution in [3.63, 3.8) is 0 Å². The van der Waals surface area contributed by atoms with Crippen LogP contribution in [0.25, 0.3) is 0 Å². The average Bonchev–Trinajstić information content (AvgIpc) is 2.79. The van der Waals surface area contributed by atoms with Gasteiger partial charge in [-0.2, -0.15) is 11.3 Å². The Morgan fingerprint density at radius 3 is 2.78 bits per heavy atom. The minimum absolute atomic E-state index is 0.351. The Bertz CT molecular complexity index is 547. The molecule has 0 fully saturated rings. The summed E-state index contributed by atoms with van der Waals surface area (Å²) in [5.41, 5.74) is 3.92. The summed E-state index contributed by atoms with van der Waals surface area (Å²) in [6.45, 7) is 0. The van der Waals surface area contributed by atoms with E-state index in [2.05, 4.69) is 21.4 Å². The van der Waals surface area contributed by atoms with Gasteiger partial charge in [0.05, 0.1) is 18.7 Å². The fraction of sp³-hybridized carbons (Fsp3) is 0.167. The normalized spacial score (nSPS) is 12.4. The van der Waals surface area contributed by atoms with Crippen LogP contribution in [0, 0.1) is 5.82 Å². The highest BCUT2D eigenvalue weighted by Crippen LogP contribution is 2.36. The molecule has 1 atom stereocenters. The Hall–Kier alpha value is -0.950. The molecule has 1 heterocycles. The van der Waals surface area contributed by atoms with Crippen molar-refractivity contribution in [3.8, 4) is 5.75 Å². The highest BCUT2D eigenvalue weighted by atomic mass is 79.9. The minimum Gasteiger partial charge on any atom is -0.496 e. The standard InChI is InChI=1S/C12H12BrFN2OS/c1-17-10-4-2-3-9(14)11(10)12(16-15)7-5-18-6-8(7)13/h2-6,12,16H,15H2,1H3. The monoisotopic (exact) mass is 330 g/mol. The molecule has 0 bridgehead atoms. The molecular formula is C12H12BrFN2OS. The van der Waals surface area contributed by atoms with Crippen LogP contribution < -0.4 is 16.0 Å². The fourth-order valence-electron chi connectivity index (χ4n) is 1.80. The van der Waals surface area contributed by atoms with Gasteiger partial charge in [0.2, 0.25) is 0 Å². The summed E-state index contributed by atoms with van der Waals surface area (Å²) >= 11 is 4.95. The van der Waals surface area contributed by atoms with E-state index in [4.69, 9.17) is 10.6 Å². The average molecular weight is 331 g/mol. The van der Waals surface area contributed by atoms with Crippen LogP contribution in [-0.4, -0.2) is 7.11 Å². The van der Waals surface area contributed by atoms with E-state index < -0.39 is 6.04 Å². The number of hydrazine groups is 1. The Morgan fingerprint density at radius 1 is 1.44 bits per heavy atom. The molecule has 6 heteroatoms. The SMILES string of the molecule is COc1cccc(F)c1C(NN)c1cscc1Br. The van der Waals surface area contributed by atoms with Gasteiger partial charge in [0.1, 0.15) is 11.6 Å². The summed E-state index contributed by atoms with van der Waals surface area (Å²) in [7, 11) is 1.51. The molecule has 0 aliphatic heterocycles. The number of nitrogens with two attached hydrogens (primary N) is 1. The van der Waals surface area contributed by atoms with Gasteiger partial charge in [-0.05, 0) is 39.0 Å². The van der Waals surface area contributed by atoms with Crippen molar-refractivity contribution in [2.45, 2.75) is 6.04 Å². The number of thiophene rings is 1.